The Bertz CT molecular complexity index is 514. The number of carboxylic acids is 1. The third kappa shape index (κ3) is 3.03. The van der Waals surface area contributed by atoms with Crippen molar-refractivity contribution in [2.45, 2.75) is 19.4 Å². The lowest BCUT2D eigenvalue weighted by Crippen LogP contribution is -2.40. The predicted molar refractivity (Wildman–Crippen MR) is 72.5 cm³/mol. The molecule has 1 unspecified atom stereocenters. The molecule has 1 aliphatic heterocycles. The molecule has 0 saturated heterocycles. The van der Waals surface area contributed by atoms with Gasteiger partial charge in [0.05, 0.1) is 23.5 Å². The molecule has 102 valence electrons. The van der Waals surface area contributed by atoms with Crippen molar-refractivity contribution in [1.29, 1.82) is 0 Å². The molecule has 0 bridgehead atoms. The summed E-state index contributed by atoms with van der Waals surface area (Å²) in [6.45, 7) is 2.86. The van der Waals surface area contributed by atoms with Gasteiger partial charge >= 0.3 is 5.97 Å². The van der Waals surface area contributed by atoms with E-state index in [0.29, 0.717) is 12.2 Å². The average Bonchev–Trinajstić information content (AvgIpc) is 2.34. The number of aromatic carboxylic acids is 1. The summed E-state index contributed by atoms with van der Waals surface area (Å²) in [5.41, 5.74) is 7.26. The van der Waals surface area contributed by atoms with Gasteiger partial charge in [-0.2, -0.15) is 0 Å². The third-order valence-corrected chi connectivity index (χ3v) is 3.05. The minimum absolute atomic E-state index is 0.0618. The van der Waals surface area contributed by atoms with Crippen molar-refractivity contribution >= 4 is 23.3 Å². The number of carbonyl (C=O) groups is 2. The maximum atomic E-state index is 11.6. The molecule has 1 aromatic carbocycles. The molecule has 4 N–H and O–H groups in total. The van der Waals surface area contributed by atoms with Crippen LogP contribution in [0.1, 0.15) is 23.7 Å². The van der Waals surface area contributed by atoms with Gasteiger partial charge in [-0.15, -0.1) is 0 Å². The molecular formula is C13H17N3O3. The van der Waals surface area contributed by atoms with Gasteiger partial charge in [-0.1, -0.05) is 0 Å². The number of anilines is 2. The molecule has 1 atom stereocenters. The van der Waals surface area contributed by atoms with Crippen LogP contribution in [0.4, 0.5) is 11.4 Å². The van der Waals surface area contributed by atoms with E-state index in [9.17, 15) is 9.59 Å². The molecule has 0 saturated carbocycles. The molecule has 1 aliphatic rings. The number of hydrogen-bond donors (Lipinski definition) is 3. The number of fused-ring (bicyclic) bond motifs is 1. The third-order valence-electron chi connectivity index (χ3n) is 3.05. The molecule has 19 heavy (non-hydrogen) atoms. The Morgan fingerprint density at radius 3 is 2.95 bits per heavy atom. The summed E-state index contributed by atoms with van der Waals surface area (Å²) in [5.74, 6) is -1.15. The maximum absolute atomic E-state index is 11.6. The van der Waals surface area contributed by atoms with Gasteiger partial charge in [0.25, 0.3) is 0 Å². The van der Waals surface area contributed by atoms with Gasteiger partial charge in [0, 0.05) is 12.6 Å². The monoisotopic (exact) mass is 263 g/mol. The Morgan fingerprint density at radius 2 is 2.32 bits per heavy atom. The van der Waals surface area contributed by atoms with E-state index in [-0.39, 0.29) is 24.1 Å². The zero-order valence-electron chi connectivity index (χ0n) is 10.7. The van der Waals surface area contributed by atoms with Gasteiger partial charge < -0.3 is 21.1 Å². The van der Waals surface area contributed by atoms with E-state index in [2.05, 4.69) is 5.32 Å². The Labute approximate surface area is 111 Å². The first-order valence-electron chi connectivity index (χ1n) is 6.15. The molecule has 2 rings (SSSR count). The molecule has 1 heterocycles. The first-order valence-corrected chi connectivity index (χ1v) is 6.15. The number of nitrogens with zero attached hydrogens (tertiary/aromatic N) is 1. The molecule has 6 nitrogen and oxygen atoms in total. The molecule has 0 aromatic heterocycles. The highest BCUT2D eigenvalue weighted by molar-refractivity contribution is 6.03. The fraction of sp³-hybridized carbons (Fsp3) is 0.385. The van der Waals surface area contributed by atoms with E-state index in [4.69, 9.17) is 10.8 Å². The maximum Gasteiger partial charge on any atom is 0.335 e. The topological polar surface area (TPSA) is 95.7 Å². The van der Waals surface area contributed by atoms with Crippen molar-refractivity contribution in [3.05, 3.63) is 23.8 Å². The van der Waals surface area contributed by atoms with Crippen LogP contribution < -0.4 is 16.0 Å². The summed E-state index contributed by atoms with van der Waals surface area (Å²) >= 11 is 0. The summed E-state index contributed by atoms with van der Waals surface area (Å²) in [6.07, 6.45) is 0.771. The second-order valence-corrected chi connectivity index (χ2v) is 4.77. The van der Waals surface area contributed by atoms with Crippen LogP contribution in [0.2, 0.25) is 0 Å². The quantitative estimate of drug-likeness (QED) is 0.749. The lowest BCUT2D eigenvalue weighted by atomic mass is 10.1. The number of amides is 1. The van der Waals surface area contributed by atoms with Crippen molar-refractivity contribution in [3.8, 4) is 0 Å². The van der Waals surface area contributed by atoms with Crippen LogP contribution in [0, 0.1) is 0 Å². The van der Waals surface area contributed by atoms with Gasteiger partial charge in [-0.25, -0.2) is 4.79 Å². The van der Waals surface area contributed by atoms with Gasteiger partial charge in [0.1, 0.15) is 0 Å². The van der Waals surface area contributed by atoms with Crippen LogP contribution >= 0.6 is 0 Å². The number of hydrogen-bond acceptors (Lipinski definition) is 4. The number of carboxylic acid groups (broad SMARTS) is 1. The van der Waals surface area contributed by atoms with Crippen LogP contribution in [0.25, 0.3) is 0 Å². The van der Waals surface area contributed by atoms with Crippen LogP contribution in [0.15, 0.2) is 18.2 Å². The molecule has 6 heteroatoms. The minimum Gasteiger partial charge on any atom is -0.478 e. The van der Waals surface area contributed by atoms with Crippen molar-refractivity contribution in [2.75, 3.05) is 23.3 Å². The number of benzene rings is 1. The van der Waals surface area contributed by atoms with Crippen LogP contribution in [-0.2, 0) is 4.79 Å². The second-order valence-electron chi connectivity index (χ2n) is 4.77. The zero-order chi connectivity index (χ0) is 14.0. The lowest BCUT2D eigenvalue weighted by Gasteiger charge is -2.31. The Kier molecular flexibility index (Phi) is 3.71. The minimum atomic E-state index is -1.01. The molecule has 0 fully saturated rings. The summed E-state index contributed by atoms with van der Waals surface area (Å²) in [4.78, 5) is 24.5. The number of nitrogens with one attached hydrogen (secondary N) is 1. The average molecular weight is 263 g/mol. The number of rotatable bonds is 4. The van der Waals surface area contributed by atoms with Gasteiger partial charge in [-0.3, -0.25) is 4.79 Å². The highest BCUT2D eigenvalue weighted by Gasteiger charge is 2.22. The van der Waals surface area contributed by atoms with Gasteiger partial charge in [-0.05, 0) is 31.5 Å². The molecule has 0 spiro atoms. The molecule has 0 aliphatic carbocycles. The number of nitrogens with two attached hydrogens (primary N) is 1. The smallest absolute Gasteiger partial charge is 0.335 e. The Morgan fingerprint density at radius 1 is 1.58 bits per heavy atom. The molecule has 1 amide bonds. The first kappa shape index (κ1) is 13.4. The van der Waals surface area contributed by atoms with Gasteiger partial charge in [0.15, 0.2) is 0 Å². The fourth-order valence-corrected chi connectivity index (χ4v) is 2.05. The summed E-state index contributed by atoms with van der Waals surface area (Å²) in [5, 5.41) is 11.6. The summed E-state index contributed by atoms with van der Waals surface area (Å²) in [6, 6.07) is 4.80. The molecule has 1 aromatic rings. The van der Waals surface area contributed by atoms with Crippen molar-refractivity contribution in [2.24, 2.45) is 5.73 Å². The summed E-state index contributed by atoms with van der Waals surface area (Å²) in [7, 11) is 0. The Balaban J connectivity index is 2.27. The van der Waals surface area contributed by atoms with Gasteiger partial charge in [0.2, 0.25) is 5.91 Å². The van der Waals surface area contributed by atoms with E-state index in [1.165, 1.54) is 12.1 Å². The van der Waals surface area contributed by atoms with E-state index in [1.54, 1.807) is 6.07 Å². The fourth-order valence-electron chi connectivity index (χ4n) is 2.05. The zero-order valence-corrected chi connectivity index (χ0v) is 10.7. The van der Waals surface area contributed by atoms with E-state index in [0.717, 1.165) is 12.1 Å². The lowest BCUT2D eigenvalue weighted by molar-refractivity contribution is -0.115. The SMILES string of the molecule is CC(N)CCN1CC(=O)Nc2cc(C(=O)O)ccc21. The van der Waals surface area contributed by atoms with Crippen LogP contribution in [0.3, 0.4) is 0 Å². The normalized spacial score (nSPS) is 15.7. The predicted octanol–water partition coefficient (Wildman–Crippen LogP) is 0.881. The van der Waals surface area contributed by atoms with Crippen molar-refractivity contribution in [1.82, 2.24) is 0 Å². The number of carbonyl (C=O) groups excluding carboxylic acids is 1. The molecule has 0 radical (unpaired) electrons. The standard InChI is InChI=1S/C13H17N3O3/c1-8(14)4-5-16-7-12(17)15-10-6-9(13(18)19)2-3-11(10)16/h2-3,6,8H,4-5,7,14H2,1H3,(H,15,17)(H,18,19). The second kappa shape index (κ2) is 5.27. The molecular weight excluding hydrogens is 246 g/mol. The first-order chi connectivity index (χ1) is 8.97. The Hall–Kier alpha value is -2.08. The van der Waals surface area contributed by atoms with Crippen LogP contribution in [0.5, 0.6) is 0 Å². The van der Waals surface area contributed by atoms with E-state index < -0.39 is 5.97 Å². The largest absolute Gasteiger partial charge is 0.478 e. The van der Waals surface area contributed by atoms with Crippen LogP contribution in [-0.4, -0.2) is 36.1 Å². The van der Waals surface area contributed by atoms with E-state index >= 15 is 0 Å². The van der Waals surface area contributed by atoms with Crippen molar-refractivity contribution in [3.63, 3.8) is 0 Å². The van der Waals surface area contributed by atoms with Crippen molar-refractivity contribution < 1.29 is 14.7 Å². The van der Waals surface area contributed by atoms with E-state index in [1.807, 2.05) is 11.8 Å². The highest BCUT2D eigenvalue weighted by atomic mass is 16.4. The highest BCUT2D eigenvalue weighted by Crippen LogP contribution is 2.30. The summed E-state index contributed by atoms with van der Waals surface area (Å²) < 4.78 is 0.